The minimum atomic E-state index is -0.123. The van der Waals surface area contributed by atoms with E-state index in [9.17, 15) is 0 Å². The van der Waals surface area contributed by atoms with Crippen LogP contribution in [0.3, 0.4) is 0 Å². The molecular formula is C14H18ClN3O. The Balaban J connectivity index is 2.02. The van der Waals surface area contributed by atoms with Crippen molar-refractivity contribution in [2.24, 2.45) is 0 Å². The number of hydrogen-bond donors (Lipinski definition) is 1. The molecule has 4 nitrogen and oxygen atoms in total. The van der Waals surface area contributed by atoms with Crippen LogP contribution in [-0.2, 0) is 11.8 Å². The first-order valence-corrected chi connectivity index (χ1v) is 6.64. The molecule has 0 radical (unpaired) electrons. The molecule has 0 saturated heterocycles. The second-order valence-corrected chi connectivity index (χ2v) is 5.79. The zero-order valence-electron chi connectivity index (χ0n) is 11.4. The van der Waals surface area contributed by atoms with Gasteiger partial charge in [0, 0.05) is 24.4 Å². The van der Waals surface area contributed by atoms with Gasteiger partial charge in [-0.15, -0.1) is 0 Å². The molecule has 102 valence electrons. The first kappa shape index (κ1) is 13.9. The van der Waals surface area contributed by atoms with Gasteiger partial charge in [-0.3, -0.25) is 0 Å². The van der Waals surface area contributed by atoms with Gasteiger partial charge in [-0.25, -0.2) is 9.97 Å². The molecule has 0 amide bonds. The molecular weight excluding hydrogens is 262 g/mol. The van der Waals surface area contributed by atoms with Crippen LogP contribution in [0.25, 0.3) is 0 Å². The topological polar surface area (TPSA) is 51.0 Å². The fraction of sp³-hybridized carbons (Fsp3) is 0.429. The molecule has 0 aliphatic heterocycles. The van der Waals surface area contributed by atoms with Gasteiger partial charge in [0.15, 0.2) is 0 Å². The predicted octanol–water partition coefficient (Wildman–Crippen LogP) is 3.68. The van der Waals surface area contributed by atoms with Crippen molar-refractivity contribution in [3.63, 3.8) is 0 Å². The minimum absolute atomic E-state index is 0.123. The highest BCUT2D eigenvalue weighted by Crippen LogP contribution is 2.22. The van der Waals surface area contributed by atoms with Crippen LogP contribution in [0.5, 0.6) is 0 Å². The minimum Gasteiger partial charge on any atom is -0.469 e. The zero-order valence-corrected chi connectivity index (χ0v) is 12.2. The molecule has 2 aromatic heterocycles. The number of halogens is 1. The number of furan rings is 1. The van der Waals surface area contributed by atoms with E-state index < -0.39 is 0 Å². The number of nitrogens with zero attached hydrogens (tertiary/aromatic N) is 2. The quantitative estimate of drug-likeness (QED) is 0.868. The number of aromatic nitrogens is 2. The number of nitrogens with one attached hydrogen (secondary N) is 1. The molecule has 2 rings (SSSR count). The molecule has 19 heavy (non-hydrogen) atoms. The van der Waals surface area contributed by atoms with Gasteiger partial charge in [0.25, 0.3) is 0 Å². The second-order valence-electron chi connectivity index (χ2n) is 5.41. The van der Waals surface area contributed by atoms with Gasteiger partial charge in [0.05, 0.1) is 6.26 Å². The smallest absolute Gasteiger partial charge is 0.137 e. The van der Waals surface area contributed by atoms with Crippen LogP contribution in [0.4, 0.5) is 5.82 Å². The van der Waals surface area contributed by atoms with E-state index in [4.69, 9.17) is 16.0 Å². The lowest BCUT2D eigenvalue weighted by molar-refractivity contribution is 0.512. The largest absolute Gasteiger partial charge is 0.469 e. The first-order valence-electron chi connectivity index (χ1n) is 6.26. The van der Waals surface area contributed by atoms with Crippen LogP contribution in [-0.4, -0.2) is 16.5 Å². The number of hydrogen-bond acceptors (Lipinski definition) is 4. The summed E-state index contributed by atoms with van der Waals surface area (Å²) >= 11 is 6.02. The van der Waals surface area contributed by atoms with E-state index in [1.165, 1.54) is 0 Å². The van der Waals surface area contributed by atoms with Gasteiger partial charge in [0.2, 0.25) is 0 Å². The van der Waals surface area contributed by atoms with E-state index >= 15 is 0 Å². The van der Waals surface area contributed by atoms with Crippen molar-refractivity contribution in [2.45, 2.75) is 32.6 Å². The van der Waals surface area contributed by atoms with Crippen molar-refractivity contribution in [1.82, 2.24) is 9.97 Å². The fourth-order valence-corrected chi connectivity index (χ4v) is 1.80. The van der Waals surface area contributed by atoms with Gasteiger partial charge < -0.3 is 9.73 Å². The van der Waals surface area contributed by atoms with Gasteiger partial charge in [-0.1, -0.05) is 32.4 Å². The maximum absolute atomic E-state index is 6.02. The summed E-state index contributed by atoms with van der Waals surface area (Å²) in [5.41, 5.74) is -0.123. The monoisotopic (exact) mass is 279 g/mol. The average molecular weight is 280 g/mol. The lowest BCUT2D eigenvalue weighted by atomic mass is 9.96. The summed E-state index contributed by atoms with van der Waals surface area (Å²) in [6, 6.07) is 5.57. The third-order valence-electron chi connectivity index (χ3n) is 2.62. The van der Waals surface area contributed by atoms with Crippen LogP contribution in [0, 0.1) is 0 Å². The van der Waals surface area contributed by atoms with Gasteiger partial charge in [0.1, 0.15) is 22.6 Å². The maximum atomic E-state index is 6.02. The van der Waals surface area contributed by atoms with Crippen LogP contribution in [0.1, 0.15) is 32.4 Å². The van der Waals surface area contributed by atoms with E-state index in [-0.39, 0.29) is 5.41 Å². The zero-order chi connectivity index (χ0) is 13.9. The molecule has 0 aliphatic carbocycles. The van der Waals surface area contributed by atoms with E-state index in [1.54, 1.807) is 12.3 Å². The SMILES string of the molecule is CC(C)(C)c1nc(Cl)cc(NCCc2ccco2)n1. The van der Waals surface area contributed by atoms with Crippen molar-refractivity contribution in [3.05, 3.63) is 41.2 Å². The van der Waals surface area contributed by atoms with E-state index in [2.05, 4.69) is 36.1 Å². The Hall–Kier alpha value is -1.55. The lowest BCUT2D eigenvalue weighted by Gasteiger charge is -2.17. The van der Waals surface area contributed by atoms with Crippen LogP contribution < -0.4 is 5.32 Å². The Bertz CT molecular complexity index is 532. The lowest BCUT2D eigenvalue weighted by Crippen LogP contribution is -2.17. The molecule has 1 N–H and O–H groups in total. The van der Waals surface area contributed by atoms with Crippen molar-refractivity contribution >= 4 is 17.4 Å². The Morgan fingerprint density at radius 1 is 1.32 bits per heavy atom. The first-order chi connectivity index (χ1) is 8.95. The highest BCUT2D eigenvalue weighted by Gasteiger charge is 2.18. The molecule has 0 saturated carbocycles. The molecule has 0 unspecified atom stereocenters. The summed E-state index contributed by atoms with van der Waals surface area (Å²) < 4.78 is 5.27. The highest BCUT2D eigenvalue weighted by atomic mass is 35.5. The van der Waals surface area contributed by atoms with Crippen molar-refractivity contribution in [3.8, 4) is 0 Å². The molecule has 0 bridgehead atoms. The summed E-state index contributed by atoms with van der Waals surface area (Å²) in [6.07, 6.45) is 2.48. The Labute approximate surface area is 118 Å². The van der Waals surface area contributed by atoms with E-state index in [0.717, 1.165) is 30.4 Å². The Morgan fingerprint density at radius 3 is 2.74 bits per heavy atom. The fourth-order valence-electron chi connectivity index (χ4n) is 1.61. The van der Waals surface area contributed by atoms with Crippen molar-refractivity contribution in [2.75, 3.05) is 11.9 Å². The van der Waals surface area contributed by atoms with Crippen molar-refractivity contribution < 1.29 is 4.42 Å². The van der Waals surface area contributed by atoms with Crippen LogP contribution in [0.2, 0.25) is 5.15 Å². The summed E-state index contributed by atoms with van der Waals surface area (Å²) in [7, 11) is 0. The number of rotatable bonds is 4. The van der Waals surface area contributed by atoms with Crippen LogP contribution >= 0.6 is 11.6 Å². The highest BCUT2D eigenvalue weighted by molar-refractivity contribution is 6.29. The summed E-state index contributed by atoms with van der Waals surface area (Å²) in [6.45, 7) is 6.92. The second kappa shape index (κ2) is 5.61. The van der Waals surface area contributed by atoms with Gasteiger partial charge in [-0.2, -0.15) is 0 Å². The molecule has 2 heterocycles. The van der Waals surface area contributed by atoms with E-state index in [1.807, 2.05) is 12.1 Å². The molecule has 0 atom stereocenters. The summed E-state index contributed by atoms with van der Waals surface area (Å²) in [5, 5.41) is 3.70. The maximum Gasteiger partial charge on any atom is 0.137 e. The van der Waals surface area contributed by atoms with Crippen molar-refractivity contribution in [1.29, 1.82) is 0 Å². The normalized spacial score (nSPS) is 11.6. The molecule has 0 spiro atoms. The van der Waals surface area contributed by atoms with E-state index in [0.29, 0.717) is 5.15 Å². The molecule has 2 aromatic rings. The Morgan fingerprint density at radius 2 is 2.11 bits per heavy atom. The summed E-state index contributed by atoms with van der Waals surface area (Å²) in [5.74, 6) is 2.43. The van der Waals surface area contributed by atoms with Gasteiger partial charge >= 0.3 is 0 Å². The standard InChI is InChI=1S/C14H18ClN3O/c1-14(2,3)13-17-11(15)9-12(18-13)16-7-6-10-5-4-8-19-10/h4-5,8-9H,6-7H2,1-3H3,(H,16,17,18). The van der Waals surface area contributed by atoms with Gasteiger partial charge in [-0.05, 0) is 12.1 Å². The summed E-state index contributed by atoms with van der Waals surface area (Å²) in [4.78, 5) is 8.75. The molecule has 0 aliphatic rings. The van der Waals surface area contributed by atoms with Crippen LogP contribution in [0.15, 0.2) is 28.9 Å². The average Bonchev–Trinajstić information content (AvgIpc) is 2.80. The third kappa shape index (κ3) is 3.96. The molecule has 0 fully saturated rings. The molecule has 5 heteroatoms. The predicted molar refractivity (Wildman–Crippen MR) is 76.6 cm³/mol. The third-order valence-corrected chi connectivity index (χ3v) is 2.82. The Kier molecular flexibility index (Phi) is 4.10. The molecule has 0 aromatic carbocycles. The number of anilines is 1.